The van der Waals surface area contributed by atoms with Crippen molar-refractivity contribution in [3.63, 3.8) is 0 Å². The highest BCUT2D eigenvalue weighted by Crippen LogP contribution is 2.28. The van der Waals surface area contributed by atoms with Crippen LogP contribution in [0.1, 0.15) is 10.4 Å². The molecule has 3 aromatic rings. The van der Waals surface area contributed by atoms with E-state index in [0.717, 1.165) is 5.69 Å². The number of anilines is 1. The van der Waals surface area contributed by atoms with Crippen LogP contribution in [0.15, 0.2) is 55.1 Å². The first-order chi connectivity index (χ1) is 11.7. The maximum Gasteiger partial charge on any atom is 0.255 e. The van der Waals surface area contributed by atoms with E-state index in [0.29, 0.717) is 22.7 Å². The van der Waals surface area contributed by atoms with Crippen LogP contribution in [-0.2, 0) is 0 Å². The SMILES string of the molecule is COc1ccc(C(=O)Nc2ccccc2-n2cncn2)cc1OC. The summed E-state index contributed by atoms with van der Waals surface area (Å²) in [5, 5.41) is 6.97. The molecule has 2 aromatic carbocycles. The topological polar surface area (TPSA) is 78.3 Å². The Kier molecular flexibility index (Phi) is 4.42. The predicted molar refractivity (Wildman–Crippen MR) is 88.9 cm³/mol. The molecule has 122 valence electrons. The Morgan fingerprint density at radius 1 is 1.08 bits per heavy atom. The summed E-state index contributed by atoms with van der Waals surface area (Å²) >= 11 is 0. The van der Waals surface area contributed by atoms with Crippen molar-refractivity contribution in [3.05, 3.63) is 60.7 Å². The van der Waals surface area contributed by atoms with E-state index in [1.807, 2.05) is 18.2 Å². The van der Waals surface area contributed by atoms with E-state index in [1.54, 1.807) is 42.4 Å². The van der Waals surface area contributed by atoms with Gasteiger partial charge in [0.05, 0.1) is 25.6 Å². The number of rotatable bonds is 5. The average molecular weight is 324 g/mol. The molecule has 0 unspecified atom stereocenters. The van der Waals surface area contributed by atoms with Crippen LogP contribution in [0.5, 0.6) is 11.5 Å². The molecule has 24 heavy (non-hydrogen) atoms. The summed E-state index contributed by atoms with van der Waals surface area (Å²) < 4.78 is 12.0. The van der Waals surface area contributed by atoms with Gasteiger partial charge in [-0.1, -0.05) is 12.1 Å². The summed E-state index contributed by atoms with van der Waals surface area (Å²) in [6.45, 7) is 0. The second-order valence-corrected chi connectivity index (χ2v) is 4.88. The Morgan fingerprint density at radius 3 is 2.58 bits per heavy atom. The molecule has 1 aromatic heterocycles. The Balaban J connectivity index is 1.88. The fraction of sp³-hybridized carbons (Fsp3) is 0.118. The molecule has 0 aliphatic carbocycles. The maximum absolute atomic E-state index is 12.6. The molecule has 3 rings (SSSR count). The third-order valence-electron chi connectivity index (χ3n) is 3.46. The molecule has 7 heteroatoms. The normalized spacial score (nSPS) is 10.2. The van der Waals surface area contributed by atoms with Gasteiger partial charge in [0, 0.05) is 5.56 Å². The number of nitrogens with zero attached hydrogens (tertiary/aromatic N) is 3. The van der Waals surface area contributed by atoms with Gasteiger partial charge in [-0.15, -0.1) is 0 Å². The number of aromatic nitrogens is 3. The summed E-state index contributed by atoms with van der Waals surface area (Å²) in [6.07, 6.45) is 3.01. The molecule has 0 bridgehead atoms. The molecule has 1 amide bonds. The fourth-order valence-corrected chi connectivity index (χ4v) is 2.28. The largest absolute Gasteiger partial charge is 0.493 e. The number of hydrogen-bond donors (Lipinski definition) is 1. The van der Waals surface area contributed by atoms with E-state index >= 15 is 0 Å². The highest BCUT2D eigenvalue weighted by Gasteiger charge is 2.13. The van der Waals surface area contributed by atoms with Crippen LogP contribution < -0.4 is 14.8 Å². The highest BCUT2D eigenvalue weighted by atomic mass is 16.5. The van der Waals surface area contributed by atoms with E-state index in [1.165, 1.54) is 13.4 Å². The molecule has 0 saturated carbocycles. The van der Waals surface area contributed by atoms with Crippen molar-refractivity contribution >= 4 is 11.6 Å². The monoisotopic (exact) mass is 324 g/mol. The minimum atomic E-state index is -0.261. The second-order valence-electron chi connectivity index (χ2n) is 4.88. The first-order valence-corrected chi connectivity index (χ1v) is 7.20. The molecule has 7 nitrogen and oxygen atoms in total. The van der Waals surface area contributed by atoms with E-state index < -0.39 is 0 Å². The molecule has 0 saturated heterocycles. The van der Waals surface area contributed by atoms with Crippen molar-refractivity contribution in [2.75, 3.05) is 19.5 Å². The highest BCUT2D eigenvalue weighted by molar-refractivity contribution is 6.05. The minimum absolute atomic E-state index is 0.261. The summed E-state index contributed by atoms with van der Waals surface area (Å²) in [7, 11) is 3.07. The Labute approximate surface area is 138 Å². The standard InChI is InChI=1S/C17H16N4O3/c1-23-15-8-7-12(9-16(15)24-2)17(22)20-13-5-3-4-6-14(13)21-11-18-10-19-21/h3-11H,1-2H3,(H,20,22). The van der Waals surface area contributed by atoms with Gasteiger partial charge in [0.2, 0.25) is 0 Å². The molecular weight excluding hydrogens is 308 g/mol. The van der Waals surface area contributed by atoms with Gasteiger partial charge in [0.15, 0.2) is 11.5 Å². The Hall–Kier alpha value is -3.35. The van der Waals surface area contributed by atoms with Crippen LogP contribution in [-0.4, -0.2) is 34.9 Å². The van der Waals surface area contributed by atoms with Crippen LogP contribution in [0.3, 0.4) is 0 Å². The lowest BCUT2D eigenvalue weighted by Gasteiger charge is -2.12. The van der Waals surface area contributed by atoms with Crippen LogP contribution in [0.2, 0.25) is 0 Å². The molecule has 1 N–H and O–H groups in total. The number of benzene rings is 2. The second kappa shape index (κ2) is 6.82. The summed E-state index contributed by atoms with van der Waals surface area (Å²) in [5.74, 6) is 0.801. The minimum Gasteiger partial charge on any atom is -0.493 e. The van der Waals surface area contributed by atoms with Crippen LogP contribution in [0.25, 0.3) is 5.69 Å². The summed E-state index contributed by atoms with van der Waals surface area (Å²) in [5.41, 5.74) is 1.81. The van der Waals surface area contributed by atoms with E-state index in [-0.39, 0.29) is 5.91 Å². The third-order valence-corrected chi connectivity index (χ3v) is 3.46. The lowest BCUT2D eigenvalue weighted by Crippen LogP contribution is -2.14. The molecule has 0 aliphatic heterocycles. The Bertz CT molecular complexity index is 847. The number of amides is 1. The first-order valence-electron chi connectivity index (χ1n) is 7.20. The van der Waals surface area contributed by atoms with Gasteiger partial charge >= 0.3 is 0 Å². The number of ether oxygens (including phenoxy) is 2. The van der Waals surface area contributed by atoms with Crippen molar-refractivity contribution in [1.29, 1.82) is 0 Å². The van der Waals surface area contributed by atoms with Gasteiger partial charge in [-0.2, -0.15) is 5.10 Å². The molecule has 0 aliphatic rings. The van der Waals surface area contributed by atoms with E-state index in [9.17, 15) is 4.79 Å². The molecule has 0 atom stereocenters. The van der Waals surface area contributed by atoms with Crippen molar-refractivity contribution in [1.82, 2.24) is 14.8 Å². The van der Waals surface area contributed by atoms with Gasteiger partial charge in [-0.05, 0) is 30.3 Å². The van der Waals surface area contributed by atoms with Crippen molar-refractivity contribution < 1.29 is 14.3 Å². The molecular formula is C17H16N4O3. The van der Waals surface area contributed by atoms with Crippen LogP contribution in [0.4, 0.5) is 5.69 Å². The smallest absolute Gasteiger partial charge is 0.255 e. The molecule has 1 heterocycles. The zero-order valence-electron chi connectivity index (χ0n) is 13.3. The number of carbonyl (C=O) groups is 1. The summed E-state index contributed by atoms with van der Waals surface area (Å²) in [4.78, 5) is 16.5. The van der Waals surface area contributed by atoms with Crippen molar-refractivity contribution in [3.8, 4) is 17.2 Å². The van der Waals surface area contributed by atoms with E-state index in [4.69, 9.17) is 9.47 Å². The fourth-order valence-electron chi connectivity index (χ4n) is 2.28. The number of nitrogens with one attached hydrogen (secondary N) is 1. The molecule has 0 fully saturated rings. The molecule has 0 spiro atoms. The van der Waals surface area contributed by atoms with Gasteiger partial charge in [-0.25, -0.2) is 9.67 Å². The number of methoxy groups -OCH3 is 2. The maximum atomic E-state index is 12.6. The van der Waals surface area contributed by atoms with Gasteiger partial charge in [0.25, 0.3) is 5.91 Å². The van der Waals surface area contributed by atoms with Crippen molar-refractivity contribution in [2.45, 2.75) is 0 Å². The summed E-state index contributed by atoms with van der Waals surface area (Å²) in [6, 6.07) is 12.3. The zero-order chi connectivity index (χ0) is 16.9. The molecule has 0 radical (unpaired) electrons. The number of hydrogen-bond acceptors (Lipinski definition) is 5. The van der Waals surface area contributed by atoms with Gasteiger partial charge in [0.1, 0.15) is 12.7 Å². The van der Waals surface area contributed by atoms with Gasteiger partial charge in [-0.3, -0.25) is 4.79 Å². The lowest BCUT2D eigenvalue weighted by atomic mass is 10.1. The van der Waals surface area contributed by atoms with Gasteiger partial charge < -0.3 is 14.8 Å². The zero-order valence-corrected chi connectivity index (χ0v) is 13.3. The third kappa shape index (κ3) is 3.05. The van der Waals surface area contributed by atoms with Crippen molar-refractivity contribution in [2.24, 2.45) is 0 Å². The van der Waals surface area contributed by atoms with E-state index in [2.05, 4.69) is 15.4 Å². The van der Waals surface area contributed by atoms with Crippen LogP contribution in [0, 0.1) is 0 Å². The predicted octanol–water partition coefficient (Wildman–Crippen LogP) is 2.54. The van der Waals surface area contributed by atoms with Crippen LogP contribution >= 0.6 is 0 Å². The average Bonchev–Trinajstić information content (AvgIpc) is 3.16. The lowest BCUT2D eigenvalue weighted by molar-refractivity contribution is 0.102. The first kappa shape index (κ1) is 15.5. The number of carbonyl (C=O) groups excluding carboxylic acids is 1. The Morgan fingerprint density at radius 2 is 1.88 bits per heavy atom. The quantitative estimate of drug-likeness (QED) is 0.780. The number of para-hydroxylation sites is 2.